The van der Waals surface area contributed by atoms with Crippen LogP contribution in [0, 0.1) is 6.92 Å². The van der Waals surface area contributed by atoms with E-state index in [0.29, 0.717) is 31.1 Å². The second-order valence-corrected chi connectivity index (χ2v) is 4.65. The predicted octanol–water partition coefficient (Wildman–Crippen LogP) is 2.11. The molecule has 1 aromatic carbocycles. The van der Waals surface area contributed by atoms with E-state index in [-0.39, 0.29) is 5.91 Å². The summed E-state index contributed by atoms with van der Waals surface area (Å²) >= 11 is 0. The molecule has 2 N–H and O–H groups in total. The molecule has 112 valence electrons. The topological polar surface area (TPSA) is 76.4 Å². The smallest absolute Gasteiger partial charge is 0.226 e. The minimum atomic E-state index is -0.0921. The number of carbonyl (C=O) groups is 1. The fraction of sp³-hybridized carbons (Fsp3) is 0.333. The maximum absolute atomic E-state index is 11.7. The van der Waals surface area contributed by atoms with Gasteiger partial charge in [0, 0.05) is 25.6 Å². The van der Waals surface area contributed by atoms with Crippen molar-refractivity contribution >= 4 is 11.7 Å². The first-order valence-corrected chi connectivity index (χ1v) is 6.74. The maximum Gasteiger partial charge on any atom is 0.226 e. The number of aryl methyl sites for hydroxylation is 1. The van der Waals surface area contributed by atoms with Gasteiger partial charge in [0.25, 0.3) is 0 Å². The molecule has 21 heavy (non-hydrogen) atoms. The molecule has 6 nitrogen and oxygen atoms in total. The SMILES string of the molecule is COc1ccc(CNCCC(=O)Nc2cc(C)on2)cc1. The number of amides is 1. The van der Waals surface area contributed by atoms with Gasteiger partial charge in [-0.1, -0.05) is 17.3 Å². The molecule has 1 amide bonds. The number of hydrogen-bond donors (Lipinski definition) is 2. The summed E-state index contributed by atoms with van der Waals surface area (Å²) in [5, 5.41) is 9.60. The number of anilines is 1. The molecule has 1 aromatic heterocycles. The minimum Gasteiger partial charge on any atom is -0.497 e. The van der Waals surface area contributed by atoms with Gasteiger partial charge in [-0.2, -0.15) is 0 Å². The van der Waals surface area contributed by atoms with E-state index in [1.165, 1.54) is 0 Å². The van der Waals surface area contributed by atoms with Crippen LogP contribution < -0.4 is 15.4 Å². The molecule has 0 spiro atoms. The normalized spacial score (nSPS) is 10.4. The average Bonchev–Trinajstić information content (AvgIpc) is 2.89. The number of rotatable bonds is 7. The molecular weight excluding hydrogens is 270 g/mol. The molecule has 0 aliphatic carbocycles. The summed E-state index contributed by atoms with van der Waals surface area (Å²) < 4.78 is 9.97. The van der Waals surface area contributed by atoms with Crippen molar-refractivity contribution < 1.29 is 14.1 Å². The third-order valence-corrected chi connectivity index (χ3v) is 2.91. The third kappa shape index (κ3) is 4.92. The zero-order chi connectivity index (χ0) is 15.1. The van der Waals surface area contributed by atoms with Crippen molar-refractivity contribution in [2.45, 2.75) is 19.9 Å². The highest BCUT2D eigenvalue weighted by Crippen LogP contribution is 2.11. The first-order chi connectivity index (χ1) is 10.2. The zero-order valence-electron chi connectivity index (χ0n) is 12.2. The summed E-state index contributed by atoms with van der Waals surface area (Å²) in [6.07, 6.45) is 0.377. The molecule has 6 heteroatoms. The highest BCUT2D eigenvalue weighted by molar-refractivity contribution is 5.89. The highest BCUT2D eigenvalue weighted by atomic mass is 16.5. The van der Waals surface area contributed by atoms with Crippen LogP contribution in [-0.2, 0) is 11.3 Å². The summed E-state index contributed by atoms with van der Waals surface area (Å²) in [4.78, 5) is 11.7. The van der Waals surface area contributed by atoms with Gasteiger partial charge >= 0.3 is 0 Å². The number of carbonyl (C=O) groups excluding carboxylic acids is 1. The van der Waals surface area contributed by atoms with Gasteiger partial charge in [0.1, 0.15) is 11.5 Å². The molecule has 0 saturated heterocycles. The molecule has 0 bridgehead atoms. The number of methoxy groups -OCH3 is 1. The van der Waals surface area contributed by atoms with E-state index in [2.05, 4.69) is 15.8 Å². The van der Waals surface area contributed by atoms with Gasteiger partial charge in [-0.25, -0.2) is 0 Å². The van der Waals surface area contributed by atoms with Crippen LogP contribution in [0.3, 0.4) is 0 Å². The lowest BCUT2D eigenvalue weighted by atomic mass is 10.2. The highest BCUT2D eigenvalue weighted by Gasteiger charge is 2.05. The van der Waals surface area contributed by atoms with E-state index in [9.17, 15) is 4.79 Å². The standard InChI is InChI=1S/C15H19N3O3/c1-11-9-14(18-21-11)17-15(19)7-8-16-10-12-3-5-13(20-2)6-4-12/h3-6,9,16H,7-8,10H2,1-2H3,(H,17,18,19). The monoisotopic (exact) mass is 289 g/mol. The van der Waals surface area contributed by atoms with Gasteiger partial charge in [-0.3, -0.25) is 4.79 Å². The Morgan fingerprint density at radius 2 is 2.10 bits per heavy atom. The Morgan fingerprint density at radius 3 is 2.71 bits per heavy atom. The number of aromatic nitrogens is 1. The Labute approximate surface area is 123 Å². The van der Waals surface area contributed by atoms with Crippen molar-refractivity contribution in [2.75, 3.05) is 19.0 Å². The number of nitrogens with zero attached hydrogens (tertiary/aromatic N) is 1. The Balaban J connectivity index is 1.65. The second-order valence-electron chi connectivity index (χ2n) is 4.65. The summed E-state index contributed by atoms with van der Waals surface area (Å²) in [7, 11) is 1.64. The zero-order valence-corrected chi connectivity index (χ0v) is 12.2. The summed E-state index contributed by atoms with van der Waals surface area (Å²) in [5.41, 5.74) is 1.14. The molecule has 0 fully saturated rings. The lowest BCUT2D eigenvalue weighted by Crippen LogP contribution is -2.21. The van der Waals surface area contributed by atoms with E-state index in [1.54, 1.807) is 20.1 Å². The number of nitrogens with one attached hydrogen (secondary N) is 2. The Bertz CT molecular complexity index is 578. The quantitative estimate of drug-likeness (QED) is 0.763. The third-order valence-electron chi connectivity index (χ3n) is 2.91. The van der Waals surface area contributed by atoms with Crippen molar-refractivity contribution in [3.05, 3.63) is 41.7 Å². The first kappa shape index (κ1) is 15.1. The summed E-state index contributed by atoms with van der Waals surface area (Å²) in [5.74, 6) is 1.86. The molecule has 2 aromatic rings. The fourth-order valence-corrected chi connectivity index (χ4v) is 1.81. The average molecular weight is 289 g/mol. The van der Waals surface area contributed by atoms with Crippen LogP contribution in [0.5, 0.6) is 5.75 Å². The lowest BCUT2D eigenvalue weighted by molar-refractivity contribution is -0.116. The molecule has 0 aliphatic rings. The van der Waals surface area contributed by atoms with Crippen LogP contribution in [0.1, 0.15) is 17.7 Å². The van der Waals surface area contributed by atoms with Gasteiger partial charge in [0.2, 0.25) is 5.91 Å². The molecule has 0 aliphatic heterocycles. The lowest BCUT2D eigenvalue weighted by Gasteiger charge is -2.06. The van der Waals surface area contributed by atoms with Crippen molar-refractivity contribution in [1.29, 1.82) is 0 Å². The molecule has 2 rings (SSSR count). The van der Waals surface area contributed by atoms with E-state index in [4.69, 9.17) is 9.26 Å². The Morgan fingerprint density at radius 1 is 1.33 bits per heavy atom. The van der Waals surface area contributed by atoms with Crippen molar-refractivity contribution in [2.24, 2.45) is 0 Å². The van der Waals surface area contributed by atoms with Gasteiger partial charge in [-0.15, -0.1) is 0 Å². The molecular formula is C15H19N3O3. The second kappa shape index (κ2) is 7.44. The van der Waals surface area contributed by atoms with E-state index in [0.717, 1.165) is 11.3 Å². The van der Waals surface area contributed by atoms with Gasteiger partial charge in [-0.05, 0) is 24.6 Å². The van der Waals surface area contributed by atoms with Gasteiger partial charge in [0.05, 0.1) is 7.11 Å². The van der Waals surface area contributed by atoms with E-state index >= 15 is 0 Å². The number of hydrogen-bond acceptors (Lipinski definition) is 5. The minimum absolute atomic E-state index is 0.0921. The molecule has 0 saturated carbocycles. The molecule has 0 radical (unpaired) electrons. The van der Waals surface area contributed by atoms with Crippen LogP contribution in [0.2, 0.25) is 0 Å². The fourth-order valence-electron chi connectivity index (χ4n) is 1.81. The van der Waals surface area contributed by atoms with Crippen LogP contribution in [0.25, 0.3) is 0 Å². The first-order valence-electron chi connectivity index (χ1n) is 6.74. The molecule has 0 atom stereocenters. The van der Waals surface area contributed by atoms with Crippen LogP contribution >= 0.6 is 0 Å². The Kier molecular flexibility index (Phi) is 5.34. The Hall–Kier alpha value is -2.34. The van der Waals surface area contributed by atoms with E-state index < -0.39 is 0 Å². The van der Waals surface area contributed by atoms with Gasteiger partial charge in [0.15, 0.2) is 5.82 Å². The van der Waals surface area contributed by atoms with E-state index in [1.807, 2.05) is 24.3 Å². The van der Waals surface area contributed by atoms with Gasteiger partial charge < -0.3 is 19.9 Å². The number of ether oxygens (including phenoxy) is 1. The maximum atomic E-state index is 11.7. The molecule has 1 heterocycles. The van der Waals surface area contributed by atoms with Crippen LogP contribution in [0.4, 0.5) is 5.82 Å². The van der Waals surface area contributed by atoms with Crippen molar-refractivity contribution in [3.63, 3.8) is 0 Å². The summed E-state index contributed by atoms with van der Waals surface area (Å²) in [6, 6.07) is 9.49. The molecule has 0 unspecified atom stereocenters. The number of benzene rings is 1. The van der Waals surface area contributed by atoms with Crippen molar-refractivity contribution in [3.8, 4) is 5.75 Å². The summed E-state index contributed by atoms with van der Waals surface area (Å²) in [6.45, 7) is 3.08. The van der Waals surface area contributed by atoms with Crippen molar-refractivity contribution in [1.82, 2.24) is 10.5 Å². The van der Waals surface area contributed by atoms with Crippen LogP contribution in [0.15, 0.2) is 34.9 Å². The van der Waals surface area contributed by atoms with Crippen LogP contribution in [-0.4, -0.2) is 24.7 Å². The largest absolute Gasteiger partial charge is 0.497 e. The predicted molar refractivity (Wildman–Crippen MR) is 79.2 cm³/mol.